The van der Waals surface area contributed by atoms with E-state index in [2.05, 4.69) is 192 Å². The van der Waals surface area contributed by atoms with Crippen LogP contribution in [0.4, 0.5) is 34.1 Å². The lowest BCUT2D eigenvalue weighted by atomic mass is 9.97. The van der Waals surface area contributed by atoms with Crippen molar-refractivity contribution in [2.75, 3.05) is 9.80 Å². The molecule has 4 heteroatoms. The van der Waals surface area contributed by atoms with Crippen LogP contribution in [-0.4, -0.2) is 0 Å². The van der Waals surface area contributed by atoms with Crippen molar-refractivity contribution in [3.63, 3.8) is 0 Å². The normalized spacial score (nSPS) is 12.0. The number of benzene rings is 9. The molecule has 0 aromatic heterocycles. The third-order valence-electron chi connectivity index (χ3n) is 11.0. The van der Waals surface area contributed by atoms with E-state index in [9.17, 15) is 0 Å². The average Bonchev–Trinajstić information content (AvgIpc) is 3.30. The summed E-state index contributed by atoms with van der Waals surface area (Å²) in [7, 11) is 0. The van der Waals surface area contributed by atoms with E-state index < -0.39 is 0 Å². The third-order valence-corrected chi connectivity index (χ3v) is 11.0. The molecule has 11 rings (SSSR count). The van der Waals surface area contributed by atoms with E-state index in [1.807, 2.05) is 36.4 Å². The fourth-order valence-corrected chi connectivity index (χ4v) is 8.18. The number of para-hydroxylation sites is 4. The van der Waals surface area contributed by atoms with Gasteiger partial charge in [-0.1, -0.05) is 140 Å². The van der Waals surface area contributed by atoms with Crippen molar-refractivity contribution in [3.05, 3.63) is 218 Å². The molecule has 0 saturated heterocycles. The molecule has 2 heterocycles. The Balaban J connectivity index is 0.936. The second-order valence-corrected chi connectivity index (χ2v) is 14.6. The van der Waals surface area contributed by atoms with Crippen LogP contribution >= 0.6 is 0 Å². The predicted octanol–water partition coefficient (Wildman–Crippen LogP) is 15.5. The molecule has 0 fully saturated rings. The summed E-state index contributed by atoms with van der Waals surface area (Å²) in [5.74, 6) is 3.17. The van der Waals surface area contributed by atoms with Crippen molar-refractivity contribution in [3.8, 4) is 67.5 Å². The predicted molar refractivity (Wildman–Crippen MR) is 238 cm³/mol. The topological polar surface area (TPSA) is 24.9 Å². The van der Waals surface area contributed by atoms with Gasteiger partial charge in [-0.05, 0) is 123 Å². The molecule has 4 nitrogen and oxygen atoms in total. The van der Waals surface area contributed by atoms with Gasteiger partial charge in [0.15, 0.2) is 23.0 Å². The van der Waals surface area contributed by atoms with Crippen LogP contribution in [-0.2, 0) is 0 Å². The maximum Gasteiger partial charge on any atom is 0.156 e. The van der Waals surface area contributed by atoms with Gasteiger partial charge in [0, 0.05) is 17.1 Å². The maximum atomic E-state index is 6.56. The quantitative estimate of drug-likeness (QED) is 0.162. The van der Waals surface area contributed by atoms with Gasteiger partial charge >= 0.3 is 0 Å². The molecule has 0 unspecified atom stereocenters. The van der Waals surface area contributed by atoms with Crippen molar-refractivity contribution >= 4 is 34.1 Å². The molecule has 0 bridgehead atoms. The fraction of sp³-hybridized carbons (Fsp3) is 0. The number of fused-ring (bicyclic) bond motifs is 4. The van der Waals surface area contributed by atoms with Crippen molar-refractivity contribution in [2.24, 2.45) is 0 Å². The van der Waals surface area contributed by atoms with Crippen molar-refractivity contribution in [2.45, 2.75) is 0 Å². The number of hydrogen-bond donors (Lipinski definition) is 0. The van der Waals surface area contributed by atoms with Crippen LogP contribution in [0.25, 0.3) is 44.5 Å². The van der Waals surface area contributed by atoms with E-state index in [1.165, 1.54) is 22.3 Å². The zero-order chi connectivity index (χ0) is 38.4. The lowest BCUT2D eigenvalue weighted by Crippen LogP contribution is -2.20. The van der Waals surface area contributed by atoms with Crippen LogP contribution in [0.5, 0.6) is 23.0 Å². The molecular weight excluding hydrogens is 709 g/mol. The van der Waals surface area contributed by atoms with Crippen LogP contribution in [0, 0.1) is 0 Å². The molecule has 2 aliphatic heterocycles. The van der Waals surface area contributed by atoms with Gasteiger partial charge in [0.25, 0.3) is 0 Å². The van der Waals surface area contributed by atoms with E-state index in [0.717, 1.165) is 79.4 Å². The summed E-state index contributed by atoms with van der Waals surface area (Å²) in [4.78, 5) is 4.57. The Morgan fingerprint density at radius 2 is 0.638 bits per heavy atom. The maximum absolute atomic E-state index is 6.56. The van der Waals surface area contributed by atoms with E-state index in [1.54, 1.807) is 0 Å². The summed E-state index contributed by atoms with van der Waals surface area (Å²) in [6.45, 7) is 0. The molecule has 0 N–H and O–H groups in total. The Bertz CT molecular complexity index is 2770. The highest BCUT2D eigenvalue weighted by Crippen LogP contribution is 2.60. The highest BCUT2D eigenvalue weighted by atomic mass is 16.5. The Morgan fingerprint density at radius 3 is 1.10 bits per heavy atom. The Morgan fingerprint density at radius 1 is 0.276 bits per heavy atom. The van der Waals surface area contributed by atoms with Gasteiger partial charge in [-0.2, -0.15) is 0 Å². The lowest BCUT2D eigenvalue weighted by Gasteiger charge is -2.38. The molecule has 0 saturated carbocycles. The van der Waals surface area contributed by atoms with Gasteiger partial charge in [-0.15, -0.1) is 0 Å². The van der Waals surface area contributed by atoms with Crippen LogP contribution in [0.2, 0.25) is 0 Å². The Hall–Kier alpha value is -7.82. The molecule has 0 radical (unpaired) electrons. The SMILES string of the molecule is c1ccc(-c2ccc(N(c3ccc(-c4ccccc4)cc3)c3ccc(-c4cccc(-c5cc6c7c(c5)Oc5ccccc5N7c5ccccc5O6)c4)cc3)cc2)cc1. The lowest BCUT2D eigenvalue weighted by molar-refractivity contribution is 0.446. The number of ether oxygens (including phenoxy) is 2. The van der Waals surface area contributed by atoms with Gasteiger partial charge in [0.05, 0.1) is 11.4 Å². The number of rotatable bonds is 7. The molecule has 0 aliphatic carbocycles. The number of anilines is 6. The largest absolute Gasteiger partial charge is 0.453 e. The summed E-state index contributed by atoms with van der Waals surface area (Å²) >= 11 is 0. The van der Waals surface area contributed by atoms with Crippen LogP contribution in [0.3, 0.4) is 0 Å². The van der Waals surface area contributed by atoms with E-state index in [0.29, 0.717) is 0 Å². The first-order valence-corrected chi connectivity index (χ1v) is 19.6. The Labute approximate surface area is 338 Å². The zero-order valence-electron chi connectivity index (χ0n) is 31.5. The van der Waals surface area contributed by atoms with Crippen molar-refractivity contribution in [1.29, 1.82) is 0 Å². The molecule has 58 heavy (non-hydrogen) atoms. The van der Waals surface area contributed by atoms with Crippen LogP contribution in [0.1, 0.15) is 0 Å². The third kappa shape index (κ3) is 5.96. The minimum absolute atomic E-state index is 0.768. The second kappa shape index (κ2) is 14.0. The molecule has 0 atom stereocenters. The zero-order valence-corrected chi connectivity index (χ0v) is 31.5. The minimum Gasteiger partial charge on any atom is -0.453 e. The van der Waals surface area contributed by atoms with Gasteiger partial charge in [0.2, 0.25) is 0 Å². The average molecular weight is 745 g/mol. The molecule has 0 amide bonds. The van der Waals surface area contributed by atoms with Gasteiger partial charge in [-0.3, -0.25) is 4.90 Å². The minimum atomic E-state index is 0.768. The van der Waals surface area contributed by atoms with Crippen molar-refractivity contribution < 1.29 is 9.47 Å². The molecule has 2 aliphatic rings. The molecule has 9 aromatic carbocycles. The van der Waals surface area contributed by atoms with E-state index in [4.69, 9.17) is 9.47 Å². The summed E-state index contributed by atoms with van der Waals surface area (Å²) < 4.78 is 13.1. The first-order valence-electron chi connectivity index (χ1n) is 19.6. The smallest absolute Gasteiger partial charge is 0.156 e. The number of hydrogen-bond acceptors (Lipinski definition) is 4. The fourth-order valence-electron chi connectivity index (χ4n) is 8.18. The van der Waals surface area contributed by atoms with Gasteiger partial charge in [0.1, 0.15) is 5.69 Å². The molecular formula is C54H36N2O2. The summed E-state index contributed by atoms with van der Waals surface area (Å²) in [6.07, 6.45) is 0. The highest BCUT2D eigenvalue weighted by molar-refractivity contribution is 5.95. The first-order chi connectivity index (χ1) is 28.7. The molecule has 0 spiro atoms. The van der Waals surface area contributed by atoms with Gasteiger partial charge in [-0.25, -0.2) is 0 Å². The van der Waals surface area contributed by atoms with E-state index >= 15 is 0 Å². The van der Waals surface area contributed by atoms with Crippen LogP contribution < -0.4 is 19.3 Å². The number of nitrogens with zero attached hydrogens (tertiary/aromatic N) is 2. The Kier molecular flexibility index (Phi) is 8.11. The van der Waals surface area contributed by atoms with Gasteiger partial charge < -0.3 is 14.4 Å². The monoisotopic (exact) mass is 744 g/mol. The molecule has 274 valence electrons. The molecule has 9 aromatic rings. The standard InChI is InChI=1S/C54H36N2O2/c1-3-12-37(13-4-1)39-22-28-45(29-23-39)55(46-30-24-40(25-31-46)38-14-5-2-6-15-38)47-32-26-41(27-33-47)42-16-11-17-43(34-42)44-35-52-54-53(36-44)58-51-21-10-8-19-49(51)56(54)48-18-7-9-20-50(48)57-52/h1-36H. The summed E-state index contributed by atoms with van der Waals surface area (Å²) in [5.41, 5.74) is 15.3. The van der Waals surface area contributed by atoms with Crippen LogP contribution in [0.15, 0.2) is 218 Å². The van der Waals surface area contributed by atoms with Crippen molar-refractivity contribution in [1.82, 2.24) is 0 Å². The summed E-state index contributed by atoms with van der Waals surface area (Å²) in [5, 5.41) is 0. The summed E-state index contributed by atoms with van der Waals surface area (Å²) in [6, 6.07) is 76.8. The second-order valence-electron chi connectivity index (χ2n) is 14.6. The van der Waals surface area contributed by atoms with E-state index in [-0.39, 0.29) is 0 Å². The first kappa shape index (κ1) is 33.5. The highest BCUT2D eigenvalue weighted by Gasteiger charge is 2.35.